The van der Waals surface area contributed by atoms with Crippen molar-refractivity contribution in [2.75, 3.05) is 26.2 Å². The molecule has 2 aliphatic rings. The van der Waals surface area contributed by atoms with Crippen molar-refractivity contribution >= 4 is 34.1 Å². The third kappa shape index (κ3) is 6.35. The Hall–Kier alpha value is -3.75. The smallest absolute Gasteiger partial charge is 0.410 e. The fourth-order valence-corrected chi connectivity index (χ4v) is 5.97. The molecule has 0 saturated carbocycles. The van der Waals surface area contributed by atoms with Gasteiger partial charge in [-0.1, -0.05) is 12.1 Å². The molecule has 3 heterocycles. The fraction of sp³-hybridized carbons (Fsp3) is 0.545. The van der Waals surface area contributed by atoms with E-state index in [0.29, 0.717) is 61.1 Å². The minimum absolute atomic E-state index is 0.00433. The van der Waals surface area contributed by atoms with Crippen LogP contribution in [0.5, 0.6) is 5.75 Å². The Morgan fingerprint density at radius 3 is 1.81 bits per heavy atom. The third-order valence-electron chi connectivity index (χ3n) is 8.07. The third-order valence-corrected chi connectivity index (χ3v) is 8.07. The molecule has 9 nitrogen and oxygen atoms in total. The number of hydrogen-bond donors (Lipinski definition) is 1. The molecule has 2 aliphatic heterocycles. The summed E-state index contributed by atoms with van der Waals surface area (Å²) >= 11 is 0. The molecule has 0 aliphatic carbocycles. The molecule has 2 aromatic carbocycles. The number of ether oxygens (including phenoxy) is 2. The zero-order chi connectivity index (χ0) is 30.4. The summed E-state index contributed by atoms with van der Waals surface area (Å²) in [5.74, 6) is 0.151. The van der Waals surface area contributed by atoms with Gasteiger partial charge in [-0.3, -0.25) is 4.79 Å². The molecule has 0 unspecified atom stereocenters. The molecule has 42 heavy (non-hydrogen) atoms. The number of carbonyl (C=O) groups is 2. The van der Waals surface area contributed by atoms with Gasteiger partial charge in [0.25, 0.3) is 0 Å². The van der Waals surface area contributed by atoms with Crippen molar-refractivity contribution in [3.63, 3.8) is 0 Å². The number of piperidine rings is 2. The zero-order valence-electron chi connectivity index (χ0n) is 25.5. The van der Waals surface area contributed by atoms with E-state index in [9.17, 15) is 19.5 Å². The Labute approximate surface area is 246 Å². The van der Waals surface area contributed by atoms with Crippen molar-refractivity contribution in [1.29, 1.82) is 0 Å². The number of hydrogen-bond acceptors (Lipinski definition) is 7. The number of nitrogens with zero attached hydrogens (tertiary/aromatic N) is 2. The average Bonchev–Trinajstić information content (AvgIpc) is 2.91. The minimum Gasteiger partial charge on any atom is -0.507 e. The van der Waals surface area contributed by atoms with E-state index >= 15 is 0 Å². The summed E-state index contributed by atoms with van der Waals surface area (Å²) in [4.78, 5) is 42.2. The van der Waals surface area contributed by atoms with Crippen LogP contribution in [0.3, 0.4) is 0 Å². The number of fused-ring (bicyclic) bond motifs is 2. The second-order valence-corrected chi connectivity index (χ2v) is 13.5. The summed E-state index contributed by atoms with van der Waals surface area (Å²) in [5.41, 5.74) is 1.18. The lowest BCUT2D eigenvalue weighted by Gasteiger charge is -2.33. The highest BCUT2D eigenvalue weighted by atomic mass is 16.6. The fourth-order valence-electron chi connectivity index (χ4n) is 5.97. The number of phenolic OH excluding ortho intramolecular Hbond substituents is 1. The minimum atomic E-state index is -0.557. The van der Waals surface area contributed by atoms with Gasteiger partial charge in [-0.2, -0.15) is 0 Å². The maximum atomic E-state index is 13.8. The summed E-state index contributed by atoms with van der Waals surface area (Å²) in [6.07, 6.45) is 2.21. The van der Waals surface area contributed by atoms with Crippen molar-refractivity contribution in [3.8, 4) is 5.75 Å². The van der Waals surface area contributed by atoms with E-state index in [0.717, 1.165) is 18.4 Å². The molecule has 226 valence electrons. The number of likely N-dealkylation sites (tertiary alicyclic amines) is 2. The lowest BCUT2D eigenvalue weighted by Crippen LogP contribution is -2.41. The molecule has 2 fully saturated rings. The lowest BCUT2D eigenvalue weighted by atomic mass is 9.87. The Bertz CT molecular complexity index is 1550. The van der Waals surface area contributed by atoms with Crippen LogP contribution in [0.25, 0.3) is 21.9 Å². The molecule has 2 amide bonds. The average molecular weight is 579 g/mol. The van der Waals surface area contributed by atoms with Gasteiger partial charge in [-0.25, -0.2) is 9.59 Å². The molecule has 5 rings (SSSR count). The van der Waals surface area contributed by atoms with Gasteiger partial charge in [-0.15, -0.1) is 0 Å². The molecule has 1 aromatic heterocycles. The van der Waals surface area contributed by atoms with E-state index in [4.69, 9.17) is 13.9 Å². The van der Waals surface area contributed by atoms with Crippen molar-refractivity contribution < 1.29 is 28.6 Å². The monoisotopic (exact) mass is 578 g/mol. The summed E-state index contributed by atoms with van der Waals surface area (Å²) in [7, 11) is 0. The van der Waals surface area contributed by atoms with Gasteiger partial charge in [0.15, 0.2) is 0 Å². The highest BCUT2D eigenvalue weighted by Crippen LogP contribution is 2.39. The van der Waals surface area contributed by atoms with Crippen LogP contribution in [-0.4, -0.2) is 64.5 Å². The van der Waals surface area contributed by atoms with Gasteiger partial charge in [0, 0.05) is 26.2 Å². The van der Waals surface area contributed by atoms with E-state index in [2.05, 4.69) is 0 Å². The van der Waals surface area contributed by atoms with Gasteiger partial charge in [0.1, 0.15) is 33.5 Å². The Morgan fingerprint density at radius 1 is 0.786 bits per heavy atom. The van der Waals surface area contributed by atoms with Crippen LogP contribution in [-0.2, 0) is 9.47 Å². The van der Waals surface area contributed by atoms with Gasteiger partial charge >= 0.3 is 12.2 Å². The second kappa shape index (κ2) is 11.2. The van der Waals surface area contributed by atoms with E-state index in [1.54, 1.807) is 15.9 Å². The lowest BCUT2D eigenvalue weighted by molar-refractivity contribution is 0.0194. The van der Waals surface area contributed by atoms with Gasteiger partial charge in [-0.05, 0) is 108 Å². The van der Waals surface area contributed by atoms with Crippen molar-refractivity contribution in [1.82, 2.24) is 9.80 Å². The van der Waals surface area contributed by atoms with Gasteiger partial charge in [0.05, 0.1) is 5.39 Å². The first-order valence-electron chi connectivity index (χ1n) is 14.9. The van der Waals surface area contributed by atoms with Crippen LogP contribution in [0, 0.1) is 0 Å². The number of aromatic hydroxyl groups is 1. The first-order chi connectivity index (χ1) is 19.7. The molecule has 1 N–H and O–H groups in total. The zero-order valence-corrected chi connectivity index (χ0v) is 25.5. The standard InChI is InChI=1S/C33H42N2O7/c1-32(2,3)41-30(38)34-15-11-20(12-16-34)22-7-9-25-24(19-22)29(37)27-26(40-25)10-8-23(28(27)36)21-13-17-35(18-14-21)31(39)42-33(4,5)6/h7-10,19-21,36H,11-18H2,1-6H3. The van der Waals surface area contributed by atoms with Crippen LogP contribution in [0.4, 0.5) is 9.59 Å². The van der Waals surface area contributed by atoms with E-state index < -0.39 is 11.2 Å². The Kier molecular flexibility index (Phi) is 7.89. The second-order valence-electron chi connectivity index (χ2n) is 13.5. The molecular weight excluding hydrogens is 536 g/mol. The topological polar surface area (TPSA) is 110 Å². The molecule has 0 atom stereocenters. The van der Waals surface area contributed by atoms with Crippen molar-refractivity contribution in [3.05, 3.63) is 51.7 Å². The summed E-state index contributed by atoms with van der Waals surface area (Å²) < 4.78 is 17.1. The largest absolute Gasteiger partial charge is 0.507 e. The maximum Gasteiger partial charge on any atom is 0.410 e. The van der Waals surface area contributed by atoms with Crippen molar-refractivity contribution in [2.24, 2.45) is 0 Å². The summed E-state index contributed by atoms with van der Waals surface area (Å²) in [5, 5.41) is 12.0. The van der Waals surface area contributed by atoms with Gasteiger partial charge in [0.2, 0.25) is 5.43 Å². The number of benzene rings is 2. The van der Waals surface area contributed by atoms with E-state index in [1.165, 1.54) is 0 Å². The van der Waals surface area contributed by atoms with Crippen LogP contribution in [0.1, 0.15) is 90.2 Å². The molecule has 9 heteroatoms. The van der Waals surface area contributed by atoms with Crippen LogP contribution in [0.15, 0.2) is 39.5 Å². The molecule has 0 bridgehead atoms. The summed E-state index contributed by atoms with van der Waals surface area (Å²) in [6, 6.07) is 9.26. The predicted molar refractivity (Wildman–Crippen MR) is 161 cm³/mol. The van der Waals surface area contributed by atoms with E-state index in [1.807, 2.05) is 65.8 Å². The first-order valence-corrected chi connectivity index (χ1v) is 14.9. The van der Waals surface area contributed by atoms with Crippen LogP contribution >= 0.6 is 0 Å². The molecular formula is C33H42N2O7. The highest BCUT2D eigenvalue weighted by molar-refractivity contribution is 5.94. The number of rotatable bonds is 2. The Morgan fingerprint density at radius 2 is 1.29 bits per heavy atom. The molecule has 3 aromatic rings. The predicted octanol–water partition coefficient (Wildman–Crippen LogP) is 6.88. The maximum absolute atomic E-state index is 13.8. The Balaban J connectivity index is 1.35. The number of phenols is 1. The van der Waals surface area contributed by atoms with Gasteiger partial charge < -0.3 is 28.8 Å². The van der Waals surface area contributed by atoms with E-state index in [-0.39, 0.29) is 40.6 Å². The normalized spacial score (nSPS) is 17.6. The molecule has 0 spiro atoms. The highest BCUT2D eigenvalue weighted by Gasteiger charge is 2.30. The molecule has 0 radical (unpaired) electrons. The first kappa shape index (κ1) is 29.7. The number of amides is 2. The van der Waals surface area contributed by atoms with Crippen molar-refractivity contribution in [2.45, 2.75) is 90.3 Å². The van der Waals surface area contributed by atoms with Crippen LogP contribution in [0.2, 0.25) is 0 Å². The number of carbonyl (C=O) groups excluding carboxylic acids is 2. The SMILES string of the molecule is CC(C)(C)OC(=O)N1CCC(c2ccc3oc4ccc(C5CCN(C(=O)OC(C)(C)C)CC5)c(O)c4c(=O)c3c2)CC1. The quantitative estimate of drug-likeness (QED) is 0.330. The molecule has 2 saturated heterocycles. The summed E-state index contributed by atoms with van der Waals surface area (Å²) in [6.45, 7) is 13.3. The van der Waals surface area contributed by atoms with Crippen LogP contribution < -0.4 is 5.43 Å².